The number of nitrogens with zero attached hydrogens (tertiary/aromatic N) is 1. The summed E-state index contributed by atoms with van der Waals surface area (Å²) in [5.41, 5.74) is 4.45. The fraction of sp³-hybridized carbons (Fsp3) is 0.630. The van der Waals surface area contributed by atoms with Crippen molar-refractivity contribution in [2.24, 2.45) is 5.73 Å². The molecule has 0 saturated carbocycles. The molecule has 9 heteroatoms. The van der Waals surface area contributed by atoms with E-state index in [1.165, 1.54) is 4.90 Å². The summed E-state index contributed by atoms with van der Waals surface area (Å²) in [5, 5.41) is 5.46. The highest BCUT2D eigenvalue weighted by atomic mass is 16.6. The topological polar surface area (TPSA) is 131 Å². The first-order valence-electron chi connectivity index (χ1n) is 12.7. The molecular weight excluding hydrogens is 460 g/mol. The van der Waals surface area contributed by atoms with Gasteiger partial charge in [0.25, 0.3) is 0 Å². The Balaban J connectivity index is 3.50. The second kappa shape index (κ2) is 13.8. The maximum Gasteiger partial charge on any atom is 0.408 e. The lowest BCUT2D eigenvalue weighted by Crippen LogP contribution is -2.60. The number of nitrogens with one attached hydrogen (secondary N) is 2. The molecule has 1 rings (SSSR count). The van der Waals surface area contributed by atoms with Crippen molar-refractivity contribution in [2.75, 3.05) is 6.54 Å². The molecule has 0 spiro atoms. The van der Waals surface area contributed by atoms with Gasteiger partial charge in [0, 0.05) is 12.1 Å². The van der Waals surface area contributed by atoms with Gasteiger partial charge in [0.2, 0.25) is 17.7 Å². The van der Waals surface area contributed by atoms with Crippen molar-refractivity contribution in [3.05, 3.63) is 35.9 Å². The summed E-state index contributed by atoms with van der Waals surface area (Å²) in [6.07, 6.45) is 2.03. The number of primary amides is 1. The summed E-state index contributed by atoms with van der Waals surface area (Å²) in [7, 11) is 0. The molecule has 0 aliphatic heterocycles. The average molecular weight is 505 g/mol. The molecule has 0 radical (unpaired) electrons. The van der Waals surface area contributed by atoms with Crippen LogP contribution in [0.2, 0.25) is 0 Å². The van der Waals surface area contributed by atoms with Gasteiger partial charge in [0.1, 0.15) is 17.7 Å². The number of alkyl carbamates (subject to hydrolysis) is 1. The first kappa shape index (κ1) is 30.9. The Bertz CT molecular complexity index is 880. The van der Waals surface area contributed by atoms with E-state index in [9.17, 15) is 19.2 Å². The lowest BCUT2D eigenvalue weighted by atomic mass is 9.91. The van der Waals surface area contributed by atoms with E-state index in [-0.39, 0.29) is 5.91 Å². The van der Waals surface area contributed by atoms with Crippen molar-refractivity contribution in [3.63, 3.8) is 0 Å². The summed E-state index contributed by atoms with van der Waals surface area (Å²) < 4.78 is 5.31. The van der Waals surface area contributed by atoms with E-state index in [1.807, 2.05) is 26.8 Å². The molecule has 9 nitrogen and oxygen atoms in total. The number of nitrogens with two attached hydrogens (primary N) is 1. The van der Waals surface area contributed by atoms with Gasteiger partial charge in [-0.25, -0.2) is 4.79 Å². The second-order valence-corrected chi connectivity index (χ2v) is 10.6. The largest absolute Gasteiger partial charge is 0.444 e. The molecule has 0 bridgehead atoms. The number of hydrogen-bond donors (Lipinski definition) is 3. The first-order chi connectivity index (χ1) is 16.7. The van der Waals surface area contributed by atoms with Crippen LogP contribution in [0.4, 0.5) is 4.79 Å². The lowest BCUT2D eigenvalue weighted by Gasteiger charge is -2.44. The number of rotatable bonds is 13. The van der Waals surface area contributed by atoms with Crippen LogP contribution in [0.1, 0.15) is 92.2 Å². The van der Waals surface area contributed by atoms with Crippen molar-refractivity contribution in [1.29, 1.82) is 0 Å². The Morgan fingerprint density at radius 2 is 1.61 bits per heavy atom. The maximum absolute atomic E-state index is 14.0. The molecule has 1 aromatic carbocycles. The number of amides is 4. The fourth-order valence-corrected chi connectivity index (χ4v) is 3.70. The molecule has 0 fully saturated rings. The molecule has 0 saturated heterocycles. The van der Waals surface area contributed by atoms with Crippen LogP contribution in [-0.2, 0) is 19.1 Å². The molecule has 0 aliphatic rings. The Labute approximate surface area is 215 Å². The zero-order valence-electron chi connectivity index (χ0n) is 22.8. The SMILES string of the molecule is CCCCCNC(=O)C(c1ccccc1)N(C(=O)C(CC(N)=O)NC(=O)OC(C)(C)C)C(C)(C)CC. The van der Waals surface area contributed by atoms with Crippen LogP contribution >= 0.6 is 0 Å². The molecule has 2 unspecified atom stereocenters. The molecule has 0 aliphatic carbocycles. The number of unbranched alkanes of at least 4 members (excludes halogenated alkanes) is 2. The lowest BCUT2D eigenvalue weighted by molar-refractivity contribution is -0.150. The van der Waals surface area contributed by atoms with Gasteiger partial charge in [-0.05, 0) is 53.0 Å². The fourth-order valence-electron chi connectivity index (χ4n) is 3.70. The van der Waals surface area contributed by atoms with E-state index < -0.39 is 47.6 Å². The summed E-state index contributed by atoms with van der Waals surface area (Å²) in [6.45, 7) is 13.2. The minimum atomic E-state index is -1.30. The molecule has 1 aromatic rings. The normalized spacial score (nSPS) is 13.3. The van der Waals surface area contributed by atoms with Crippen LogP contribution < -0.4 is 16.4 Å². The molecular formula is C27H44N4O5. The van der Waals surface area contributed by atoms with Crippen molar-refractivity contribution >= 4 is 23.8 Å². The molecule has 0 heterocycles. The molecule has 4 amide bonds. The van der Waals surface area contributed by atoms with Gasteiger partial charge in [-0.2, -0.15) is 0 Å². The van der Waals surface area contributed by atoms with Crippen LogP contribution in [0, 0.1) is 0 Å². The third-order valence-electron chi connectivity index (χ3n) is 5.85. The molecule has 202 valence electrons. The highest BCUT2D eigenvalue weighted by Crippen LogP contribution is 2.32. The summed E-state index contributed by atoms with van der Waals surface area (Å²) in [6, 6.07) is 6.71. The quantitative estimate of drug-likeness (QED) is 0.352. The highest BCUT2D eigenvalue weighted by molar-refractivity contribution is 5.95. The van der Waals surface area contributed by atoms with Crippen molar-refractivity contribution < 1.29 is 23.9 Å². The Morgan fingerprint density at radius 3 is 2.11 bits per heavy atom. The van der Waals surface area contributed by atoms with Crippen molar-refractivity contribution in [3.8, 4) is 0 Å². The monoisotopic (exact) mass is 504 g/mol. The van der Waals surface area contributed by atoms with Crippen LogP contribution in [-0.4, -0.2) is 52.4 Å². The third kappa shape index (κ3) is 9.87. The van der Waals surface area contributed by atoms with Crippen LogP contribution in [0.3, 0.4) is 0 Å². The van der Waals surface area contributed by atoms with Crippen molar-refractivity contribution in [2.45, 2.75) is 104 Å². The zero-order chi connectivity index (χ0) is 27.5. The minimum absolute atomic E-state index is 0.331. The van der Waals surface area contributed by atoms with Gasteiger partial charge in [-0.1, -0.05) is 57.0 Å². The van der Waals surface area contributed by atoms with Gasteiger partial charge in [-0.3, -0.25) is 14.4 Å². The van der Waals surface area contributed by atoms with Gasteiger partial charge < -0.3 is 26.0 Å². The number of carbonyl (C=O) groups is 4. The molecule has 0 aromatic heterocycles. The standard InChI is InChI=1S/C27H44N4O5/c1-8-10-14-17-29-23(33)22(19-15-12-11-13-16-19)31(27(6,7)9-2)24(34)20(18-21(28)32)30-25(35)36-26(3,4)5/h11-13,15-16,20,22H,8-10,14,17-18H2,1-7H3,(H2,28,32)(H,29,33)(H,30,35). The number of hydrogen-bond acceptors (Lipinski definition) is 5. The Morgan fingerprint density at radius 1 is 1.00 bits per heavy atom. The van der Waals surface area contributed by atoms with Gasteiger partial charge in [-0.15, -0.1) is 0 Å². The van der Waals surface area contributed by atoms with Gasteiger partial charge in [0.15, 0.2) is 0 Å². The van der Waals surface area contributed by atoms with E-state index in [4.69, 9.17) is 10.5 Å². The van der Waals surface area contributed by atoms with E-state index in [1.54, 1.807) is 45.0 Å². The molecule has 36 heavy (non-hydrogen) atoms. The summed E-state index contributed by atoms with van der Waals surface area (Å²) in [4.78, 5) is 53.5. The molecule has 2 atom stereocenters. The number of carbonyl (C=O) groups excluding carboxylic acids is 4. The van der Waals surface area contributed by atoms with Gasteiger partial charge >= 0.3 is 6.09 Å². The van der Waals surface area contributed by atoms with Gasteiger partial charge in [0.05, 0.1) is 6.42 Å². The van der Waals surface area contributed by atoms with Crippen LogP contribution in [0.15, 0.2) is 30.3 Å². The Hall–Kier alpha value is -3.10. The average Bonchev–Trinajstić information content (AvgIpc) is 2.78. The predicted octanol–water partition coefficient (Wildman–Crippen LogP) is 3.82. The second-order valence-electron chi connectivity index (χ2n) is 10.6. The van der Waals surface area contributed by atoms with E-state index in [2.05, 4.69) is 17.6 Å². The van der Waals surface area contributed by atoms with Crippen molar-refractivity contribution in [1.82, 2.24) is 15.5 Å². The van der Waals surface area contributed by atoms with Crippen LogP contribution in [0.5, 0.6) is 0 Å². The zero-order valence-corrected chi connectivity index (χ0v) is 22.8. The van der Waals surface area contributed by atoms with E-state index in [0.717, 1.165) is 19.3 Å². The van der Waals surface area contributed by atoms with Crippen LogP contribution in [0.25, 0.3) is 0 Å². The van der Waals surface area contributed by atoms with E-state index >= 15 is 0 Å². The molecule has 4 N–H and O–H groups in total. The smallest absolute Gasteiger partial charge is 0.408 e. The third-order valence-corrected chi connectivity index (χ3v) is 5.85. The number of benzene rings is 1. The summed E-state index contributed by atoms with van der Waals surface area (Å²) in [5.74, 6) is -1.69. The minimum Gasteiger partial charge on any atom is -0.444 e. The number of ether oxygens (including phenoxy) is 1. The highest BCUT2D eigenvalue weighted by Gasteiger charge is 2.43. The maximum atomic E-state index is 14.0. The van der Waals surface area contributed by atoms with E-state index in [0.29, 0.717) is 18.5 Å². The first-order valence-corrected chi connectivity index (χ1v) is 12.7. The summed E-state index contributed by atoms with van der Waals surface area (Å²) >= 11 is 0. The predicted molar refractivity (Wildman–Crippen MR) is 140 cm³/mol. The Kier molecular flexibility index (Phi) is 11.9.